The third-order valence-electron chi connectivity index (χ3n) is 6.17. The first-order valence-electron chi connectivity index (χ1n) is 11.3. The largest absolute Gasteiger partial charge is 0.337 e. The van der Waals surface area contributed by atoms with Crippen LogP contribution in [0.5, 0.6) is 0 Å². The fourth-order valence-corrected chi connectivity index (χ4v) is 4.39. The summed E-state index contributed by atoms with van der Waals surface area (Å²) < 4.78 is 1.74. The summed E-state index contributed by atoms with van der Waals surface area (Å²) in [7, 11) is 0. The van der Waals surface area contributed by atoms with Gasteiger partial charge in [0.05, 0.1) is 10.9 Å². The van der Waals surface area contributed by atoms with E-state index in [-0.39, 0.29) is 5.56 Å². The first kappa shape index (κ1) is 21.0. The Labute approximate surface area is 190 Å². The van der Waals surface area contributed by atoms with E-state index in [2.05, 4.69) is 20.3 Å². The van der Waals surface area contributed by atoms with Crippen molar-refractivity contribution >= 4 is 34.4 Å². The van der Waals surface area contributed by atoms with Crippen LogP contribution in [-0.2, 0) is 22.6 Å². The van der Waals surface area contributed by atoms with Crippen molar-refractivity contribution in [3.8, 4) is 0 Å². The number of rotatable bonds is 2. The number of carbonyl (C=O) groups is 2. The molecule has 2 aliphatic heterocycles. The van der Waals surface area contributed by atoms with Crippen LogP contribution in [0.3, 0.4) is 0 Å². The molecule has 5 rings (SSSR count). The summed E-state index contributed by atoms with van der Waals surface area (Å²) in [4.78, 5) is 54.9. The lowest BCUT2D eigenvalue weighted by molar-refractivity contribution is -0.143. The predicted octanol–water partition coefficient (Wildman–Crippen LogP) is 1.20. The summed E-state index contributed by atoms with van der Waals surface area (Å²) in [6, 6.07) is 6.76. The molecule has 4 heterocycles. The van der Waals surface area contributed by atoms with E-state index >= 15 is 0 Å². The maximum Gasteiger partial charge on any atom is 0.313 e. The smallest absolute Gasteiger partial charge is 0.313 e. The van der Waals surface area contributed by atoms with Gasteiger partial charge in [0.15, 0.2) is 0 Å². The topological polar surface area (TPSA) is 113 Å². The van der Waals surface area contributed by atoms with Gasteiger partial charge in [0.1, 0.15) is 5.82 Å². The van der Waals surface area contributed by atoms with Gasteiger partial charge >= 0.3 is 11.8 Å². The Morgan fingerprint density at radius 2 is 1.73 bits per heavy atom. The number of aryl methyl sites for hydroxylation is 1. The molecule has 0 atom stereocenters. The van der Waals surface area contributed by atoms with Crippen LogP contribution in [-0.4, -0.2) is 62.4 Å². The number of nitrogens with one attached hydrogen (secondary N) is 1. The van der Waals surface area contributed by atoms with Gasteiger partial charge in [0.25, 0.3) is 5.56 Å². The SMILES string of the molecule is O=C(Nc1ccc2nc3n(c(=O)c2c1)CCCCC3)C(=O)N1CCN(c2ncccn2)CC1. The van der Waals surface area contributed by atoms with Crippen molar-refractivity contribution in [3.05, 3.63) is 52.8 Å². The lowest BCUT2D eigenvalue weighted by atomic mass is 10.2. The molecule has 1 saturated heterocycles. The summed E-state index contributed by atoms with van der Waals surface area (Å²) in [5.41, 5.74) is 0.917. The van der Waals surface area contributed by atoms with Crippen LogP contribution >= 0.6 is 0 Å². The van der Waals surface area contributed by atoms with Crippen LogP contribution in [0.4, 0.5) is 11.6 Å². The molecule has 10 heteroatoms. The molecule has 0 saturated carbocycles. The van der Waals surface area contributed by atoms with Gasteiger partial charge in [-0.3, -0.25) is 19.0 Å². The normalized spacial score (nSPS) is 16.2. The molecule has 2 aliphatic rings. The highest BCUT2D eigenvalue weighted by atomic mass is 16.2. The molecule has 170 valence electrons. The van der Waals surface area contributed by atoms with E-state index in [1.807, 2.05) is 4.90 Å². The Balaban J connectivity index is 1.27. The quantitative estimate of drug-likeness (QED) is 0.587. The van der Waals surface area contributed by atoms with E-state index in [1.54, 1.807) is 41.2 Å². The van der Waals surface area contributed by atoms with Gasteiger partial charge in [-0.1, -0.05) is 6.42 Å². The van der Waals surface area contributed by atoms with Gasteiger partial charge in [-0.25, -0.2) is 15.0 Å². The number of nitrogens with zero attached hydrogens (tertiary/aromatic N) is 6. The molecule has 33 heavy (non-hydrogen) atoms. The molecule has 0 unspecified atom stereocenters. The van der Waals surface area contributed by atoms with Crippen LogP contribution in [0.2, 0.25) is 0 Å². The Kier molecular flexibility index (Phi) is 5.72. The number of aromatic nitrogens is 4. The number of piperazine rings is 1. The standard InChI is InChI=1S/C23H25N7O3/c31-20(22(33)28-11-13-29(14-12-28)23-24-8-4-9-25-23)26-16-6-7-18-17(15-16)21(32)30-10-3-1-2-5-19(30)27-18/h4,6-9,15H,1-3,5,10-14H2,(H,26,31). The van der Waals surface area contributed by atoms with Crippen LogP contribution in [0.25, 0.3) is 10.9 Å². The Morgan fingerprint density at radius 1 is 0.939 bits per heavy atom. The molecule has 1 N–H and O–H groups in total. The third kappa shape index (κ3) is 4.28. The van der Waals surface area contributed by atoms with Gasteiger partial charge < -0.3 is 15.1 Å². The van der Waals surface area contributed by atoms with Gasteiger partial charge in [-0.15, -0.1) is 0 Å². The molecule has 3 aromatic rings. The lowest BCUT2D eigenvalue weighted by Gasteiger charge is -2.34. The van der Waals surface area contributed by atoms with Gasteiger partial charge in [-0.05, 0) is 37.1 Å². The van der Waals surface area contributed by atoms with Crippen molar-refractivity contribution in [3.63, 3.8) is 0 Å². The van der Waals surface area contributed by atoms with Gasteiger partial charge in [0, 0.05) is 57.2 Å². The number of carbonyl (C=O) groups excluding carboxylic acids is 2. The first-order valence-corrected chi connectivity index (χ1v) is 11.3. The second-order valence-corrected chi connectivity index (χ2v) is 8.31. The van der Waals surface area contributed by atoms with Crippen LogP contribution in [0.15, 0.2) is 41.5 Å². The minimum atomic E-state index is -0.721. The van der Waals surface area contributed by atoms with Crippen molar-refractivity contribution < 1.29 is 9.59 Å². The number of hydrogen-bond acceptors (Lipinski definition) is 7. The third-order valence-corrected chi connectivity index (χ3v) is 6.17. The van der Waals surface area contributed by atoms with Crippen molar-refractivity contribution in [1.82, 2.24) is 24.4 Å². The molecular formula is C23H25N7O3. The molecule has 0 aliphatic carbocycles. The van der Waals surface area contributed by atoms with E-state index in [4.69, 9.17) is 0 Å². The van der Waals surface area contributed by atoms with Crippen molar-refractivity contribution in [1.29, 1.82) is 0 Å². The number of benzene rings is 1. The van der Waals surface area contributed by atoms with E-state index in [1.165, 1.54) is 4.90 Å². The Morgan fingerprint density at radius 3 is 2.52 bits per heavy atom. The van der Waals surface area contributed by atoms with Crippen molar-refractivity contribution in [2.24, 2.45) is 0 Å². The molecule has 1 fully saturated rings. The highest BCUT2D eigenvalue weighted by molar-refractivity contribution is 6.39. The highest BCUT2D eigenvalue weighted by Gasteiger charge is 2.27. The summed E-state index contributed by atoms with van der Waals surface area (Å²) in [6.07, 6.45) is 7.21. The zero-order valence-electron chi connectivity index (χ0n) is 18.2. The molecule has 1 aromatic carbocycles. The summed E-state index contributed by atoms with van der Waals surface area (Å²) in [6.45, 7) is 2.56. The molecule has 2 aromatic heterocycles. The summed E-state index contributed by atoms with van der Waals surface area (Å²) in [5.74, 6) is 0.113. The second kappa shape index (κ2) is 8.97. The lowest BCUT2D eigenvalue weighted by Crippen LogP contribution is -2.52. The zero-order chi connectivity index (χ0) is 22.8. The van der Waals surface area contributed by atoms with Crippen LogP contribution < -0.4 is 15.8 Å². The number of amides is 2. The minimum Gasteiger partial charge on any atom is -0.337 e. The molecule has 2 amide bonds. The molecule has 0 radical (unpaired) electrons. The van der Waals surface area contributed by atoms with E-state index in [0.29, 0.717) is 55.3 Å². The fourth-order valence-electron chi connectivity index (χ4n) is 4.39. The maximum atomic E-state index is 13.0. The Bertz CT molecular complexity index is 1250. The van der Waals surface area contributed by atoms with E-state index in [9.17, 15) is 14.4 Å². The fraction of sp³-hybridized carbons (Fsp3) is 0.391. The minimum absolute atomic E-state index is 0.0985. The first-order chi connectivity index (χ1) is 16.1. The molecule has 0 bridgehead atoms. The second-order valence-electron chi connectivity index (χ2n) is 8.31. The van der Waals surface area contributed by atoms with E-state index in [0.717, 1.165) is 31.5 Å². The van der Waals surface area contributed by atoms with Gasteiger partial charge in [0.2, 0.25) is 5.95 Å². The average Bonchev–Trinajstić information content (AvgIpc) is 3.10. The molecule has 10 nitrogen and oxygen atoms in total. The van der Waals surface area contributed by atoms with Crippen LogP contribution in [0.1, 0.15) is 25.1 Å². The predicted molar refractivity (Wildman–Crippen MR) is 123 cm³/mol. The molecular weight excluding hydrogens is 422 g/mol. The summed E-state index contributed by atoms with van der Waals surface area (Å²) in [5, 5.41) is 3.10. The number of fused-ring (bicyclic) bond motifs is 2. The highest BCUT2D eigenvalue weighted by Crippen LogP contribution is 2.19. The van der Waals surface area contributed by atoms with Crippen molar-refractivity contribution in [2.75, 3.05) is 36.4 Å². The van der Waals surface area contributed by atoms with E-state index < -0.39 is 11.8 Å². The molecule has 0 spiro atoms. The van der Waals surface area contributed by atoms with Crippen molar-refractivity contribution in [2.45, 2.75) is 32.2 Å². The number of hydrogen-bond donors (Lipinski definition) is 1. The maximum absolute atomic E-state index is 13.0. The average molecular weight is 447 g/mol. The number of anilines is 2. The summed E-state index contributed by atoms with van der Waals surface area (Å²) >= 11 is 0. The zero-order valence-corrected chi connectivity index (χ0v) is 18.2. The van der Waals surface area contributed by atoms with Gasteiger partial charge in [-0.2, -0.15) is 0 Å². The Hall–Kier alpha value is -3.82. The van der Waals surface area contributed by atoms with Crippen LogP contribution in [0, 0.1) is 0 Å². The monoisotopic (exact) mass is 447 g/mol.